The fourth-order valence-corrected chi connectivity index (χ4v) is 2.50. The van der Waals surface area contributed by atoms with Gasteiger partial charge >= 0.3 is 0 Å². The number of para-hydroxylation sites is 2. The molecule has 0 saturated carbocycles. The Bertz CT molecular complexity index is 692. The van der Waals surface area contributed by atoms with Crippen molar-refractivity contribution >= 4 is 39.1 Å². The summed E-state index contributed by atoms with van der Waals surface area (Å²) in [6.07, 6.45) is -0.703. The van der Waals surface area contributed by atoms with Gasteiger partial charge in [0.15, 0.2) is 11.5 Å². The molecule has 1 aliphatic heterocycles. The zero-order valence-electron chi connectivity index (χ0n) is 10.8. The van der Waals surface area contributed by atoms with Crippen molar-refractivity contribution in [2.24, 2.45) is 0 Å². The predicted octanol–water partition coefficient (Wildman–Crippen LogP) is 3.88. The second kappa shape index (κ2) is 5.95. The lowest BCUT2D eigenvalue weighted by atomic mass is 10.2. The van der Waals surface area contributed by atoms with Crippen molar-refractivity contribution in [3.8, 4) is 11.5 Å². The first-order valence-electron chi connectivity index (χ1n) is 6.28. The van der Waals surface area contributed by atoms with Gasteiger partial charge in [0.05, 0.1) is 15.2 Å². The molecule has 0 aromatic heterocycles. The first-order valence-corrected chi connectivity index (χ1v) is 7.45. The van der Waals surface area contributed by atoms with Gasteiger partial charge in [0, 0.05) is 0 Å². The van der Waals surface area contributed by atoms with E-state index in [2.05, 4.69) is 21.2 Å². The number of nitrogens with one attached hydrogen (secondary N) is 1. The summed E-state index contributed by atoms with van der Waals surface area (Å²) in [6.45, 7) is 0.168. The van der Waals surface area contributed by atoms with Crippen LogP contribution in [0.1, 0.15) is 0 Å². The highest BCUT2D eigenvalue weighted by Gasteiger charge is 2.27. The summed E-state index contributed by atoms with van der Waals surface area (Å²) < 4.78 is 11.8. The van der Waals surface area contributed by atoms with Gasteiger partial charge in [0.2, 0.25) is 6.10 Å². The summed E-state index contributed by atoms with van der Waals surface area (Å²) in [7, 11) is 0. The smallest absolute Gasteiger partial charge is 0.269 e. The molecule has 0 aliphatic carbocycles. The molecule has 4 nitrogen and oxygen atoms in total. The molecule has 0 bridgehead atoms. The maximum atomic E-state index is 12.3. The van der Waals surface area contributed by atoms with Crippen LogP contribution in [-0.2, 0) is 4.79 Å². The van der Waals surface area contributed by atoms with E-state index in [1.807, 2.05) is 12.1 Å². The molecule has 3 rings (SSSR count). The number of amides is 1. The molecule has 1 amide bonds. The lowest BCUT2D eigenvalue weighted by Gasteiger charge is -2.25. The Hall–Kier alpha value is -1.72. The average Bonchev–Trinajstić information content (AvgIpc) is 2.51. The molecule has 2 aromatic rings. The Morgan fingerprint density at radius 3 is 2.76 bits per heavy atom. The minimum atomic E-state index is -0.703. The summed E-state index contributed by atoms with van der Waals surface area (Å²) in [5.74, 6) is 0.923. The van der Waals surface area contributed by atoms with Gasteiger partial charge in [0.25, 0.3) is 5.91 Å². The standard InChI is InChI=1S/C15H11BrClNO3/c16-14-9(17)4-3-5-10(14)18-15(19)13-8-20-11-6-1-2-7-12(11)21-13/h1-7,13H,8H2,(H,18,19). The van der Waals surface area contributed by atoms with Gasteiger partial charge in [-0.25, -0.2) is 0 Å². The van der Waals surface area contributed by atoms with E-state index in [4.69, 9.17) is 21.1 Å². The van der Waals surface area contributed by atoms with Crippen molar-refractivity contribution in [3.05, 3.63) is 52.0 Å². The number of halogens is 2. The van der Waals surface area contributed by atoms with Crippen LogP contribution < -0.4 is 14.8 Å². The highest BCUT2D eigenvalue weighted by Crippen LogP contribution is 2.32. The molecule has 108 valence electrons. The van der Waals surface area contributed by atoms with Crippen LogP contribution in [0.5, 0.6) is 11.5 Å². The topological polar surface area (TPSA) is 47.6 Å². The van der Waals surface area contributed by atoms with Gasteiger partial charge in [0.1, 0.15) is 6.61 Å². The maximum Gasteiger partial charge on any atom is 0.269 e. The molecule has 0 fully saturated rings. The van der Waals surface area contributed by atoms with Crippen LogP contribution in [-0.4, -0.2) is 18.6 Å². The van der Waals surface area contributed by atoms with Crippen LogP contribution in [0.4, 0.5) is 5.69 Å². The molecule has 0 spiro atoms. The predicted molar refractivity (Wildman–Crippen MR) is 84.1 cm³/mol. The van der Waals surface area contributed by atoms with E-state index in [1.165, 1.54) is 0 Å². The second-order valence-electron chi connectivity index (χ2n) is 4.45. The average molecular weight is 369 g/mol. The number of carbonyl (C=O) groups excluding carboxylic acids is 1. The molecule has 2 aromatic carbocycles. The summed E-state index contributed by atoms with van der Waals surface area (Å²) in [6, 6.07) is 12.5. The van der Waals surface area contributed by atoms with E-state index in [0.717, 1.165) is 0 Å². The molecule has 21 heavy (non-hydrogen) atoms. The van der Waals surface area contributed by atoms with Crippen molar-refractivity contribution in [2.45, 2.75) is 6.10 Å². The first-order chi connectivity index (χ1) is 10.1. The third-order valence-electron chi connectivity index (χ3n) is 3.01. The highest BCUT2D eigenvalue weighted by atomic mass is 79.9. The quantitative estimate of drug-likeness (QED) is 0.875. The number of fused-ring (bicyclic) bond motifs is 1. The van der Waals surface area contributed by atoms with Crippen LogP contribution in [0.3, 0.4) is 0 Å². The Kier molecular flexibility index (Phi) is 4.03. The second-order valence-corrected chi connectivity index (χ2v) is 5.66. The monoisotopic (exact) mass is 367 g/mol. The number of ether oxygens (including phenoxy) is 2. The molecule has 1 unspecified atom stereocenters. The molecule has 1 heterocycles. The lowest BCUT2D eigenvalue weighted by molar-refractivity contribution is -0.125. The fraction of sp³-hybridized carbons (Fsp3) is 0.133. The zero-order chi connectivity index (χ0) is 14.8. The van der Waals surface area contributed by atoms with E-state index in [0.29, 0.717) is 26.7 Å². The van der Waals surface area contributed by atoms with E-state index in [9.17, 15) is 4.79 Å². The molecule has 1 atom stereocenters. The van der Waals surface area contributed by atoms with Crippen molar-refractivity contribution in [2.75, 3.05) is 11.9 Å². The molecule has 1 N–H and O–H groups in total. The summed E-state index contributed by atoms with van der Waals surface area (Å²) in [4.78, 5) is 12.3. The number of anilines is 1. The summed E-state index contributed by atoms with van der Waals surface area (Å²) >= 11 is 9.34. The van der Waals surface area contributed by atoms with Gasteiger partial charge in [-0.05, 0) is 40.2 Å². The Morgan fingerprint density at radius 1 is 1.19 bits per heavy atom. The Balaban J connectivity index is 1.74. The fourth-order valence-electron chi connectivity index (χ4n) is 1.96. The molecule has 0 radical (unpaired) electrons. The van der Waals surface area contributed by atoms with Crippen LogP contribution in [0.25, 0.3) is 0 Å². The van der Waals surface area contributed by atoms with Crippen molar-refractivity contribution in [3.63, 3.8) is 0 Å². The van der Waals surface area contributed by atoms with Gasteiger partial charge in [-0.2, -0.15) is 0 Å². The van der Waals surface area contributed by atoms with E-state index >= 15 is 0 Å². The summed E-state index contributed by atoms with van der Waals surface area (Å²) in [5, 5.41) is 3.30. The van der Waals surface area contributed by atoms with Crippen LogP contribution in [0, 0.1) is 0 Å². The number of hydrogen-bond acceptors (Lipinski definition) is 3. The van der Waals surface area contributed by atoms with E-state index in [-0.39, 0.29) is 12.5 Å². The van der Waals surface area contributed by atoms with Crippen LogP contribution in [0.15, 0.2) is 46.9 Å². The van der Waals surface area contributed by atoms with Crippen LogP contribution in [0.2, 0.25) is 5.02 Å². The van der Waals surface area contributed by atoms with Crippen molar-refractivity contribution in [1.82, 2.24) is 0 Å². The molecular weight excluding hydrogens is 358 g/mol. The Labute approximate surface area is 135 Å². The molecule has 6 heteroatoms. The molecule has 1 aliphatic rings. The van der Waals surface area contributed by atoms with Crippen LogP contribution >= 0.6 is 27.5 Å². The molecule has 0 saturated heterocycles. The van der Waals surface area contributed by atoms with Gasteiger partial charge < -0.3 is 14.8 Å². The number of rotatable bonds is 2. The Morgan fingerprint density at radius 2 is 1.95 bits per heavy atom. The number of hydrogen-bond donors (Lipinski definition) is 1. The number of benzene rings is 2. The third-order valence-corrected chi connectivity index (χ3v) is 4.41. The van der Waals surface area contributed by atoms with E-state index in [1.54, 1.807) is 30.3 Å². The number of carbonyl (C=O) groups is 1. The minimum absolute atomic E-state index is 0.168. The maximum absolute atomic E-state index is 12.3. The largest absolute Gasteiger partial charge is 0.485 e. The first kappa shape index (κ1) is 14.2. The van der Waals surface area contributed by atoms with Gasteiger partial charge in [-0.1, -0.05) is 29.8 Å². The lowest BCUT2D eigenvalue weighted by Crippen LogP contribution is -2.40. The molecular formula is C15H11BrClNO3. The van der Waals surface area contributed by atoms with Crippen molar-refractivity contribution in [1.29, 1.82) is 0 Å². The summed E-state index contributed by atoms with van der Waals surface area (Å²) in [5.41, 5.74) is 0.593. The van der Waals surface area contributed by atoms with Gasteiger partial charge in [-0.15, -0.1) is 0 Å². The van der Waals surface area contributed by atoms with E-state index < -0.39 is 6.10 Å². The SMILES string of the molecule is O=C(Nc1cccc(Cl)c1Br)C1COc2ccccc2O1. The minimum Gasteiger partial charge on any atom is -0.485 e. The van der Waals surface area contributed by atoms with Crippen molar-refractivity contribution < 1.29 is 14.3 Å². The zero-order valence-corrected chi connectivity index (χ0v) is 13.1. The highest BCUT2D eigenvalue weighted by molar-refractivity contribution is 9.10. The third kappa shape index (κ3) is 2.99. The van der Waals surface area contributed by atoms with Gasteiger partial charge in [-0.3, -0.25) is 4.79 Å². The normalized spacial score (nSPS) is 16.4.